The van der Waals surface area contributed by atoms with E-state index in [0.29, 0.717) is 19.1 Å². The Morgan fingerprint density at radius 1 is 1.04 bits per heavy atom. The molecule has 0 spiro atoms. The van der Waals surface area contributed by atoms with Gasteiger partial charge < -0.3 is 14.4 Å². The van der Waals surface area contributed by atoms with E-state index in [2.05, 4.69) is 24.3 Å². The van der Waals surface area contributed by atoms with Gasteiger partial charge in [0.1, 0.15) is 12.4 Å². The van der Waals surface area contributed by atoms with Crippen molar-refractivity contribution < 1.29 is 14.3 Å². The molecule has 1 fully saturated rings. The van der Waals surface area contributed by atoms with Gasteiger partial charge in [0.05, 0.1) is 6.61 Å². The summed E-state index contributed by atoms with van der Waals surface area (Å²) in [5.41, 5.74) is 2.48. The van der Waals surface area contributed by atoms with Gasteiger partial charge in [-0.25, -0.2) is 4.79 Å². The van der Waals surface area contributed by atoms with E-state index in [1.54, 1.807) is 4.90 Å². The molecule has 0 N–H and O–H groups in total. The molecule has 0 aliphatic carbocycles. The van der Waals surface area contributed by atoms with Gasteiger partial charge in [0.25, 0.3) is 0 Å². The van der Waals surface area contributed by atoms with E-state index < -0.39 is 0 Å². The largest absolute Gasteiger partial charge is 0.489 e. The van der Waals surface area contributed by atoms with Gasteiger partial charge in [0.15, 0.2) is 0 Å². The summed E-state index contributed by atoms with van der Waals surface area (Å²) < 4.78 is 10.9. The number of benzene rings is 2. The molecule has 132 valence electrons. The smallest absolute Gasteiger partial charge is 0.409 e. The van der Waals surface area contributed by atoms with E-state index in [9.17, 15) is 4.79 Å². The summed E-state index contributed by atoms with van der Waals surface area (Å²) >= 11 is 0. The number of hydrogen-bond donors (Lipinski definition) is 0. The first-order valence-corrected chi connectivity index (χ1v) is 8.94. The van der Waals surface area contributed by atoms with Crippen molar-refractivity contribution in [3.05, 3.63) is 65.7 Å². The van der Waals surface area contributed by atoms with Crippen LogP contribution in [0, 0.1) is 0 Å². The molecule has 4 heteroatoms. The van der Waals surface area contributed by atoms with Gasteiger partial charge in [-0.15, -0.1) is 0 Å². The molecular weight excluding hydrogens is 314 g/mol. The van der Waals surface area contributed by atoms with Crippen LogP contribution in [0.15, 0.2) is 54.6 Å². The Morgan fingerprint density at radius 3 is 2.36 bits per heavy atom. The Balaban J connectivity index is 1.50. The Hall–Kier alpha value is -2.49. The Labute approximate surface area is 149 Å². The zero-order valence-corrected chi connectivity index (χ0v) is 14.7. The number of carbonyl (C=O) groups excluding carboxylic acids is 1. The van der Waals surface area contributed by atoms with E-state index in [0.717, 1.165) is 37.2 Å². The summed E-state index contributed by atoms with van der Waals surface area (Å²) in [5.74, 6) is 1.38. The maximum Gasteiger partial charge on any atom is 0.409 e. The molecule has 2 aromatic carbocycles. The van der Waals surface area contributed by atoms with Crippen LogP contribution in [-0.4, -0.2) is 30.7 Å². The molecule has 0 bridgehead atoms. The lowest BCUT2D eigenvalue weighted by molar-refractivity contribution is 0.0971. The van der Waals surface area contributed by atoms with Crippen LogP contribution in [0.3, 0.4) is 0 Å². The summed E-state index contributed by atoms with van der Waals surface area (Å²) in [7, 11) is 0. The lowest BCUT2D eigenvalue weighted by Crippen LogP contribution is -2.38. The molecule has 1 aliphatic heterocycles. The number of nitrogens with zero attached hydrogens (tertiary/aromatic N) is 1. The van der Waals surface area contributed by atoms with E-state index >= 15 is 0 Å². The van der Waals surface area contributed by atoms with Crippen LogP contribution in [0.5, 0.6) is 5.75 Å². The molecule has 0 radical (unpaired) electrons. The number of likely N-dealkylation sites (tertiary alicyclic amines) is 1. The van der Waals surface area contributed by atoms with Crippen molar-refractivity contribution in [1.29, 1.82) is 0 Å². The topological polar surface area (TPSA) is 38.8 Å². The summed E-state index contributed by atoms with van der Waals surface area (Å²) in [6.45, 7) is 4.37. The van der Waals surface area contributed by atoms with Crippen molar-refractivity contribution in [2.75, 3.05) is 19.7 Å². The van der Waals surface area contributed by atoms with Crippen molar-refractivity contribution in [2.24, 2.45) is 0 Å². The molecule has 25 heavy (non-hydrogen) atoms. The second-order valence-electron chi connectivity index (χ2n) is 6.30. The van der Waals surface area contributed by atoms with Crippen molar-refractivity contribution in [1.82, 2.24) is 4.90 Å². The molecule has 0 saturated carbocycles. The molecule has 1 heterocycles. The fourth-order valence-corrected chi connectivity index (χ4v) is 3.19. The number of piperidine rings is 1. The molecule has 4 nitrogen and oxygen atoms in total. The highest BCUT2D eigenvalue weighted by Gasteiger charge is 2.24. The van der Waals surface area contributed by atoms with Crippen LogP contribution >= 0.6 is 0 Å². The zero-order chi connectivity index (χ0) is 17.5. The average Bonchev–Trinajstić information content (AvgIpc) is 2.68. The minimum atomic E-state index is -0.189. The molecule has 0 atom stereocenters. The standard InChI is InChI=1S/C21H25NO3/c1-2-24-21(23)22-14-12-19(13-15-22)18-8-10-20(11-9-18)25-16-17-6-4-3-5-7-17/h3-11,19H,2,12-16H2,1H3. The number of hydrogen-bond acceptors (Lipinski definition) is 3. The van der Waals surface area contributed by atoms with E-state index in [1.165, 1.54) is 5.56 Å². The molecular formula is C21H25NO3. The van der Waals surface area contributed by atoms with Crippen LogP contribution in [0.1, 0.15) is 36.8 Å². The third-order valence-electron chi connectivity index (χ3n) is 4.62. The zero-order valence-electron chi connectivity index (χ0n) is 14.7. The fourth-order valence-electron chi connectivity index (χ4n) is 3.19. The van der Waals surface area contributed by atoms with Gasteiger partial charge in [-0.1, -0.05) is 42.5 Å². The number of ether oxygens (including phenoxy) is 2. The van der Waals surface area contributed by atoms with Gasteiger partial charge in [-0.05, 0) is 48.9 Å². The Kier molecular flexibility index (Phi) is 5.94. The summed E-state index contributed by atoms with van der Waals surface area (Å²) in [5, 5.41) is 0. The normalized spacial score (nSPS) is 15.0. The highest BCUT2D eigenvalue weighted by molar-refractivity contribution is 5.67. The lowest BCUT2D eigenvalue weighted by Gasteiger charge is -2.31. The van der Waals surface area contributed by atoms with E-state index in [4.69, 9.17) is 9.47 Å². The summed E-state index contributed by atoms with van der Waals surface area (Å²) in [6.07, 6.45) is 1.76. The Morgan fingerprint density at radius 2 is 1.72 bits per heavy atom. The van der Waals surface area contributed by atoms with Crippen molar-refractivity contribution >= 4 is 6.09 Å². The first kappa shape index (κ1) is 17.3. The van der Waals surface area contributed by atoms with Crippen LogP contribution in [0.4, 0.5) is 4.79 Å². The third-order valence-corrected chi connectivity index (χ3v) is 4.62. The van der Waals surface area contributed by atoms with Gasteiger partial charge in [-0.2, -0.15) is 0 Å². The summed E-state index contributed by atoms with van der Waals surface area (Å²) in [6, 6.07) is 18.5. The average molecular weight is 339 g/mol. The fraction of sp³-hybridized carbons (Fsp3) is 0.381. The monoisotopic (exact) mass is 339 g/mol. The minimum Gasteiger partial charge on any atom is -0.489 e. The molecule has 1 amide bonds. The number of amides is 1. The summed E-state index contributed by atoms with van der Waals surface area (Å²) in [4.78, 5) is 13.6. The maximum atomic E-state index is 11.8. The number of rotatable bonds is 5. The molecule has 0 aromatic heterocycles. The second kappa shape index (κ2) is 8.56. The molecule has 1 saturated heterocycles. The van der Waals surface area contributed by atoms with Gasteiger partial charge in [0, 0.05) is 13.1 Å². The van der Waals surface area contributed by atoms with Crippen molar-refractivity contribution in [2.45, 2.75) is 32.3 Å². The minimum absolute atomic E-state index is 0.189. The molecule has 1 aliphatic rings. The van der Waals surface area contributed by atoms with Gasteiger partial charge in [-0.3, -0.25) is 0 Å². The first-order valence-electron chi connectivity index (χ1n) is 8.94. The number of carbonyl (C=O) groups is 1. The van der Waals surface area contributed by atoms with Crippen LogP contribution in [-0.2, 0) is 11.3 Å². The van der Waals surface area contributed by atoms with Crippen LogP contribution in [0.25, 0.3) is 0 Å². The third kappa shape index (κ3) is 4.75. The predicted octanol–water partition coefficient (Wildman–Crippen LogP) is 4.60. The van der Waals surface area contributed by atoms with Crippen molar-refractivity contribution in [3.8, 4) is 5.75 Å². The first-order chi connectivity index (χ1) is 12.3. The SMILES string of the molecule is CCOC(=O)N1CCC(c2ccc(OCc3ccccc3)cc2)CC1. The molecule has 3 rings (SSSR count). The quantitative estimate of drug-likeness (QED) is 0.799. The Bertz CT molecular complexity index is 661. The van der Waals surface area contributed by atoms with Crippen LogP contribution in [0.2, 0.25) is 0 Å². The second-order valence-corrected chi connectivity index (χ2v) is 6.30. The van der Waals surface area contributed by atoms with Gasteiger partial charge >= 0.3 is 6.09 Å². The van der Waals surface area contributed by atoms with E-state index in [-0.39, 0.29) is 6.09 Å². The van der Waals surface area contributed by atoms with E-state index in [1.807, 2.05) is 37.3 Å². The maximum absolute atomic E-state index is 11.8. The van der Waals surface area contributed by atoms with Crippen molar-refractivity contribution in [3.63, 3.8) is 0 Å². The lowest BCUT2D eigenvalue weighted by atomic mass is 9.89. The van der Waals surface area contributed by atoms with Gasteiger partial charge in [0.2, 0.25) is 0 Å². The molecule has 0 unspecified atom stereocenters. The van der Waals surface area contributed by atoms with Crippen LogP contribution < -0.4 is 4.74 Å². The highest BCUT2D eigenvalue weighted by Crippen LogP contribution is 2.29. The molecule has 2 aromatic rings. The predicted molar refractivity (Wildman–Crippen MR) is 97.8 cm³/mol. The highest BCUT2D eigenvalue weighted by atomic mass is 16.6.